The molecule has 0 radical (unpaired) electrons. The van der Waals surface area contributed by atoms with Gasteiger partial charge in [0.25, 0.3) is 0 Å². The van der Waals surface area contributed by atoms with Crippen LogP contribution in [0, 0.1) is 0 Å². The van der Waals surface area contributed by atoms with Crippen LogP contribution >= 0.6 is 11.3 Å². The standard InChI is InChI=1S/C45H29N3S/c1-45(2)35-20-8-5-17-32(35)41-40-36(45)21-12-22-37(40)46-44(47-41)48-38-23-9-6-14-27(38)34-25-33(26-13-3-4-16-29(26)42(34)48)31-19-11-18-30-28-15-7-10-24-39(28)49-43(30)31/h3-25H,1-2H3. The Hall–Kier alpha value is -5.84. The van der Waals surface area contributed by atoms with Gasteiger partial charge in [0.15, 0.2) is 0 Å². The van der Waals surface area contributed by atoms with Crippen LogP contribution in [-0.2, 0) is 5.41 Å². The highest BCUT2D eigenvalue weighted by atomic mass is 32.1. The van der Waals surface area contributed by atoms with Gasteiger partial charge in [0.05, 0.1) is 22.2 Å². The van der Waals surface area contributed by atoms with E-state index in [1.54, 1.807) is 0 Å². The number of hydrogen-bond acceptors (Lipinski definition) is 3. The minimum Gasteiger partial charge on any atom is -0.277 e. The Balaban J connectivity index is 1.27. The maximum atomic E-state index is 5.49. The number of thiophene rings is 1. The maximum Gasteiger partial charge on any atom is 0.235 e. The van der Waals surface area contributed by atoms with Gasteiger partial charge in [-0.05, 0) is 46.3 Å². The van der Waals surface area contributed by atoms with Crippen molar-refractivity contribution in [2.45, 2.75) is 19.3 Å². The summed E-state index contributed by atoms with van der Waals surface area (Å²) in [6.45, 7) is 4.63. The van der Waals surface area contributed by atoms with E-state index in [9.17, 15) is 0 Å². The van der Waals surface area contributed by atoms with Crippen LogP contribution in [0.4, 0.5) is 0 Å². The van der Waals surface area contributed by atoms with Gasteiger partial charge in [-0.2, -0.15) is 0 Å². The molecule has 0 bridgehead atoms. The number of hydrogen-bond donors (Lipinski definition) is 0. The number of para-hydroxylation sites is 1. The lowest BCUT2D eigenvalue weighted by Crippen LogP contribution is -2.24. The third-order valence-corrected chi connectivity index (χ3v) is 12.0. The molecule has 0 atom stereocenters. The molecule has 1 aliphatic carbocycles. The van der Waals surface area contributed by atoms with E-state index >= 15 is 0 Å². The molecule has 11 rings (SSSR count). The molecule has 0 N–H and O–H groups in total. The average Bonchev–Trinajstić information content (AvgIpc) is 3.70. The Morgan fingerprint density at radius 3 is 2.10 bits per heavy atom. The normalized spacial score (nSPS) is 13.7. The van der Waals surface area contributed by atoms with E-state index in [0.29, 0.717) is 5.95 Å². The number of nitrogens with zero attached hydrogens (tertiary/aromatic N) is 3. The Bertz CT molecular complexity index is 3030. The van der Waals surface area contributed by atoms with Gasteiger partial charge in [0.2, 0.25) is 5.95 Å². The SMILES string of the molecule is CC1(C)c2ccccc2-c2nc(-n3c4ccccc4c4cc(-c5cccc6c5sc5ccccc56)c5ccccc5c43)nc3cccc1c23. The first kappa shape index (κ1) is 27.1. The highest BCUT2D eigenvalue weighted by Gasteiger charge is 2.35. The number of aromatic nitrogens is 3. The smallest absolute Gasteiger partial charge is 0.235 e. The lowest BCUT2D eigenvalue weighted by Gasteiger charge is -2.34. The van der Waals surface area contributed by atoms with Crippen molar-refractivity contribution in [2.24, 2.45) is 0 Å². The molecule has 3 nitrogen and oxygen atoms in total. The van der Waals surface area contributed by atoms with Gasteiger partial charge in [-0.25, -0.2) is 9.97 Å². The summed E-state index contributed by atoms with van der Waals surface area (Å²) in [7, 11) is 0. The summed E-state index contributed by atoms with van der Waals surface area (Å²) in [6.07, 6.45) is 0. The van der Waals surface area contributed by atoms with Crippen LogP contribution in [0.1, 0.15) is 25.0 Å². The van der Waals surface area contributed by atoms with Gasteiger partial charge >= 0.3 is 0 Å². The monoisotopic (exact) mass is 643 g/mol. The van der Waals surface area contributed by atoms with Crippen molar-refractivity contribution in [3.8, 4) is 28.3 Å². The van der Waals surface area contributed by atoms with E-state index in [1.807, 2.05) is 11.3 Å². The van der Waals surface area contributed by atoms with E-state index in [-0.39, 0.29) is 5.41 Å². The number of fused-ring (bicyclic) bond motifs is 10. The Morgan fingerprint density at radius 2 is 1.20 bits per heavy atom. The van der Waals surface area contributed by atoms with Crippen molar-refractivity contribution in [1.82, 2.24) is 14.5 Å². The summed E-state index contributed by atoms with van der Waals surface area (Å²) in [4.78, 5) is 10.9. The van der Waals surface area contributed by atoms with E-state index in [4.69, 9.17) is 9.97 Å². The molecule has 230 valence electrons. The molecule has 0 unspecified atom stereocenters. The van der Waals surface area contributed by atoms with E-state index < -0.39 is 0 Å². The second-order valence-corrected chi connectivity index (χ2v) is 14.8. The van der Waals surface area contributed by atoms with Crippen LogP contribution in [0.5, 0.6) is 0 Å². The zero-order chi connectivity index (χ0) is 32.4. The van der Waals surface area contributed by atoms with Gasteiger partial charge in [-0.15, -0.1) is 11.3 Å². The minimum atomic E-state index is -0.148. The van der Waals surface area contributed by atoms with Crippen molar-refractivity contribution in [3.63, 3.8) is 0 Å². The summed E-state index contributed by atoms with van der Waals surface area (Å²) in [6, 6.07) is 50.8. The summed E-state index contributed by atoms with van der Waals surface area (Å²) in [5, 5.41) is 8.59. The van der Waals surface area contributed by atoms with Gasteiger partial charge in [0, 0.05) is 58.3 Å². The molecular weight excluding hydrogens is 615 g/mol. The third kappa shape index (κ3) is 3.56. The topological polar surface area (TPSA) is 30.7 Å². The highest BCUT2D eigenvalue weighted by Crippen LogP contribution is 2.49. The second-order valence-electron chi connectivity index (χ2n) is 13.7. The van der Waals surface area contributed by atoms with Crippen LogP contribution in [-0.4, -0.2) is 14.5 Å². The Kier molecular flexibility index (Phi) is 5.33. The van der Waals surface area contributed by atoms with Crippen molar-refractivity contribution in [1.29, 1.82) is 0 Å². The molecule has 0 fully saturated rings. The zero-order valence-corrected chi connectivity index (χ0v) is 27.8. The minimum absolute atomic E-state index is 0.148. The lowest BCUT2D eigenvalue weighted by atomic mass is 9.70. The van der Waals surface area contributed by atoms with Crippen LogP contribution in [0.25, 0.3) is 92.0 Å². The predicted octanol–water partition coefficient (Wildman–Crippen LogP) is 12.2. The molecule has 0 saturated heterocycles. The fourth-order valence-electron chi connectivity index (χ4n) is 8.58. The van der Waals surface area contributed by atoms with Crippen molar-refractivity contribution in [2.75, 3.05) is 0 Å². The number of benzene rings is 7. The number of rotatable bonds is 2. The van der Waals surface area contributed by atoms with E-state index in [0.717, 1.165) is 27.6 Å². The molecule has 10 aromatic rings. The fraction of sp³-hybridized carbons (Fsp3) is 0.0667. The Morgan fingerprint density at radius 1 is 0.531 bits per heavy atom. The molecule has 3 heterocycles. The third-order valence-electron chi connectivity index (χ3n) is 10.8. The van der Waals surface area contributed by atoms with Crippen LogP contribution in [0.2, 0.25) is 0 Å². The van der Waals surface area contributed by atoms with E-state index in [2.05, 4.69) is 158 Å². The maximum absolute atomic E-state index is 5.49. The van der Waals surface area contributed by atoms with Crippen molar-refractivity contribution >= 4 is 75.0 Å². The van der Waals surface area contributed by atoms with Crippen LogP contribution in [0.15, 0.2) is 140 Å². The summed E-state index contributed by atoms with van der Waals surface area (Å²) in [5.41, 5.74) is 10.4. The molecule has 0 aliphatic heterocycles. The predicted molar refractivity (Wildman–Crippen MR) is 207 cm³/mol. The van der Waals surface area contributed by atoms with Crippen LogP contribution < -0.4 is 0 Å². The molecule has 3 aromatic heterocycles. The molecule has 0 spiro atoms. The summed E-state index contributed by atoms with van der Waals surface area (Å²) < 4.78 is 4.95. The largest absolute Gasteiger partial charge is 0.277 e. The second kappa shape index (κ2) is 9.62. The first-order valence-electron chi connectivity index (χ1n) is 16.8. The summed E-state index contributed by atoms with van der Waals surface area (Å²) in [5.74, 6) is 0.699. The van der Waals surface area contributed by atoms with Gasteiger partial charge < -0.3 is 0 Å². The quantitative estimate of drug-likeness (QED) is 0.188. The summed E-state index contributed by atoms with van der Waals surface area (Å²) >= 11 is 1.88. The first-order valence-corrected chi connectivity index (χ1v) is 17.7. The Labute approximate surface area is 286 Å². The molecule has 49 heavy (non-hydrogen) atoms. The molecule has 0 amide bonds. The van der Waals surface area contributed by atoms with Gasteiger partial charge in [-0.1, -0.05) is 129 Å². The fourth-order valence-corrected chi connectivity index (χ4v) is 9.81. The molecule has 4 heteroatoms. The van der Waals surface area contributed by atoms with Crippen molar-refractivity contribution < 1.29 is 0 Å². The highest BCUT2D eigenvalue weighted by molar-refractivity contribution is 7.26. The van der Waals surface area contributed by atoms with Gasteiger partial charge in [0.1, 0.15) is 0 Å². The molecule has 0 saturated carbocycles. The van der Waals surface area contributed by atoms with Crippen molar-refractivity contribution in [3.05, 3.63) is 151 Å². The zero-order valence-electron chi connectivity index (χ0n) is 27.0. The average molecular weight is 644 g/mol. The van der Waals surface area contributed by atoms with Gasteiger partial charge in [-0.3, -0.25) is 4.57 Å². The van der Waals surface area contributed by atoms with Crippen LogP contribution in [0.3, 0.4) is 0 Å². The first-order chi connectivity index (χ1) is 24.1. The molecule has 7 aromatic carbocycles. The molecule has 1 aliphatic rings. The lowest BCUT2D eigenvalue weighted by molar-refractivity contribution is 0.643. The molecular formula is C45H29N3S. The van der Waals surface area contributed by atoms with E-state index in [1.165, 1.54) is 69.5 Å².